The molecule has 1 aromatic carbocycles. The van der Waals surface area contributed by atoms with Gasteiger partial charge in [0.25, 0.3) is 0 Å². The Hall–Kier alpha value is -0.530. The maximum Gasteiger partial charge on any atom is 0.125 e. The minimum atomic E-state index is 0. The van der Waals surface area contributed by atoms with Crippen molar-refractivity contribution in [3.05, 3.63) is 35.9 Å². The van der Waals surface area contributed by atoms with Gasteiger partial charge in [0, 0.05) is 18.4 Å². The van der Waals surface area contributed by atoms with Crippen molar-refractivity contribution in [2.24, 2.45) is 0 Å². The number of halogens is 1. The summed E-state index contributed by atoms with van der Waals surface area (Å²) in [5, 5.41) is 0. The van der Waals surface area contributed by atoms with Crippen LogP contribution in [0, 0.1) is 0 Å². The van der Waals surface area contributed by atoms with Crippen LogP contribution in [0.1, 0.15) is 181 Å². The SMILES string of the molecule is CCCCCCCCCCCCC(CCCCCCCCCCCC)(c1ccccc1)[N+](CC)(CC)CC.[Cl-]. The van der Waals surface area contributed by atoms with Gasteiger partial charge in [-0.05, 0) is 33.6 Å². The van der Waals surface area contributed by atoms with E-state index in [9.17, 15) is 0 Å². The minimum absolute atomic E-state index is 0. The lowest BCUT2D eigenvalue weighted by atomic mass is 9.76. The largest absolute Gasteiger partial charge is 1.00 e. The van der Waals surface area contributed by atoms with Gasteiger partial charge < -0.3 is 16.9 Å². The van der Waals surface area contributed by atoms with Crippen LogP contribution in [0.2, 0.25) is 0 Å². The highest BCUT2D eigenvalue weighted by Gasteiger charge is 2.48. The second-order valence-corrected chi connectivity index (χ2v) is 12.4. The molecule has 0 amide bonds. The summed E-state index contributed by atoms with van der Waals surface area (Å²) in [4.78, 5) is 0. The van der Waals surface area contributed by atoms with Gasteiger partial charge >= 0.3 is 0 Å². The Balaban J connectivity index is 0.0000144. The maximum atomic E-state index is 2.47. The van der Waals surface area contributed by atoms with E-state index in [1.807, 2.05) is 0 Å². The number of hydrogen-bond acceptors (Lipinski definition) is 0. The maximum absolute atomic E-state index is 2.47. The van der Waals surface area contributed by atoms with Gasteiger partial charge in [0.15, 0.2) is 0 Å². The Kier molecular flexibility index (Phi) is 24.9. The summed E-state index contributed by atoms with van der Waals surface area (Å²) >= 11 is 0. The molecule has 0 fully saturated rings. The van der Waals surface area contributed by atoms with Crippen molar-refractivity contribution in [2.75, 3.05) is 19.6 Å². The van der Waals surface area contributed by atoms with Crippen LogP contribution < -0.4 is 12.4 Å². The van der Waals surface area contributed by atoms with E-state index < -0.39 is 0 Å². The highest BCUT2D eigenvalue weighted by Crippen LogP contribution is 2.44. The zero-order valence-corrected chi connectivity index (χ0v) is 28.1. The van der Waals surface area contributed by atoms with E-state index in [0.717, 1.165) is 0 Å². The van der Waals surface area contributed by atoms with E-state index in [4.69, 9.17) is 0 Å². The van der Waals surface area contributed by atoms with Crippen molar-refractivity contribution in [3.63, 3.8) is 0 Å². The van der Waals surface area contributed by atoms with Gasteiger partial charge in [-0.15, -0.1) is 0 Å². The molecule has 0 saturated heterocycles. The van der Waals surface area contributed by atoms with E-state index in [0.29, 0.717) is 0 Å². The molecule has 0 radical (unpaired) electrons. The first-order valence-corrected chi connectivity index (χ1v) is 17.6. The predicted molar refractivity (Wildman–Crippen MR) is 173 cm³/mol. The van der Waals surface area contributed by atoms with Gasteiger partial charge in [-0.3, -0.25) is 0 Å². The molecule has 2 heteroatoms. The molecule has 0 heterocycles. The quantitative estimate of drug-likeness (QED) is 0.0738. The Morgan fingerprint density at radius 3 is 1.05 bits per heavy atom. The molecule has 0 spiro atoms. The molecule has 0 N–H and O–H groups in total. The van der Waals surface area contributed by atoms with Gasteiger partial charge in [0.2, 0.25) is 0 Å². The summed E-state index contributed by atoms with van der Waals surface area (Å²) in [5.74, 6) is 0. The zero-order chi connectivity index (χ0) is 27.8. The van der Waals surface area contributed by atoms with E-state index >= 15 is 0 Å². The zero-order valence-electron chi connectivity index (χ0n) is 27.4. The fourth-order valence-electron chi connectivity index (χ4n) is 7.30. The summed E-state index contributed by atoms with van der Waals surface area (Å²) in [5.41, 5.74) is 1.90. The number of nitrogens with zero attached hydrogens (tertiary/aromatic N) is 1. The predicted octanol–water partition coefficient (Wildman–Crippen LogP) is 9.38. The molecular weight excluding hydrogens is 494 g/mol. The first kappa shape index (κ1) is 38.5. The summed E-state index contributed by atoms with van der Waals surface area (Å²) in [7, 11) is 0. The van der Waals surface area contributed by atoms with Crippen molar-refractivity contribution in [1.82, 2.24) is 0 Å². The van der Waals surface area contributed by atoms with Crippen molar-refractivity contribution < 1.29 is 16.9 Å². The lowest BCUT2D eigenvalue weighted by molar-refractivity contribution is -0.981. The van der Waals surface area contributed by atoms with E-state index in [-0.39, 0.29) is 17.9 Å². The smallest absolute Gasteiger partial charge is 0.125 e. The minimum Gasteiger partial charge on any atom is -1.00 e. The Morgan fingerprint density at radius 1 is 0.436 bits per heavy atom. The molecule has 0 aliphatic rings. The molecule has 1 nitrogen and oxygen atoms in total. The van der Waals surface area contributed by atoms with Crippen LogP contribution in [0.3, 0.4) is 0 Å². The fourth-order valence-corrected chi connectivity index (χ4v) is 7.30. The third kappa shape index (κ3) is 14.3. The van der Waals surface area contributed by atoms with Crippen LogP contribution in [0.5, 0.6) is 0 Å². The van der Waals surface area contributed by atoms with Crippen LogP contribution >= 0.6 is 0 Å². The first-order valence-electron chi connectivity index (χ1n) is 17.6. The van der Waals surface area contributed by atoms with Crippen LogP contribution in [-0.2, 0) is 5.54 Å². The van der Waals surface area contributed by atoms with E-state index in [1.54, 1.807) is 5.56 Å². The molecule has 0 saturated carbocycles. The van der Waals surface area contributed by atoms with Gasteiger partial charge in [0.05, 0.1) is 19.6 Å². The number of quaternary nitrogens is 1. The van der Waals surface area contributed by atoms with E-state index in [2.05, 4.69) is 65.0 Å². The van der Waals surface area contributed by atoms with Gasteiger partial charge in [-0.2, -0.15) is 0 Å². The summed E-state index contributed by atoms with van der Waals surface area (Å²) in [6.07, 6.45) is 31.2. The second kappa shape index (κ2) is 25.2. The van der Waals surface area contributed by atoms with Gasteiger partial charge in [0.1, 0.15) is 5.54 Å². The lowest BCUT2D eigenvalue weighted by Gasteiger charge is -2.53. The molecule has 1 rings (SSSR count). The fraction of sp³-hybridized carbons (Fsp3) is 0.838. The highest BCUT2D eigenvalue weighted by molar-refractivity contribution is 5.23. The number of benzene rings is 1. The molecule has 0 aliphatic carbocycles. The number of unbranched alkanes of at least 4 members (excludes halogenated alkanes) is 18. The average molecular weight is 564 g/mol. The first-order chi connectivity index (χ1) is 18.7. The molecule has 0 aromatic heterocycles. The summed E-state index contributed by atoms with van der Waals surface area (Å²) < 4.78 is 1.26. The Morgan fingerprint density at radius 2 is 0.744 bits per heavy atom. The molecule has 1 aromatic rings. The molecule has 0 bridgehead atoms. The Bertz CT molecular complexity index is 591. The molecule has 230 valence electrons. The van der Waals surface area contributed by atoms with Crippen molar-refractivity contribution in [3.8, 4) is 0 Å². The van der Waals surface area contributed by atoms with Crippen LogP contribution in [0.15, 0.2) is 30.3 Å². The van der Waals surface area contributed by atoms with Crippen LogP contribution in [0.25, 0.3) is 0 Å². The molecule has 0 atom stereocenters. The monoisotopic (exact) mass is 564 g/mol. The number of rotatable bonds is 27. The van der Waals surface area contributed by atoms with Gasteiger partial charge in [-0.1, -0.05) is 160 Å². The van der Waals surface area contributed by atoms with Crippen molar-refractivity contribution in [1.29, 1.82) is 0 Å². The van der Waals surface area contributed by atoms with E-state index in [1.165, 1.54) is 165 Å². The van der Waals surface area contributed by atoms with Crippen molar-refractivity contribution in [2.45, 2.75) is 181 Å². The number of hydrogen-bond donors (Lipinski definition) is 0. The normalized spacial score (nSPS) is 12.0. The molecule has 0 aliphatic heterocycles. The molecule has 39 heavy (non-hydrogen) atoms. The summed E-state index contributed by atoms with van der Waals surface area (Å²) in [6.45, 7) is 15.8. The van der Waals surface area contributed by atoms with Crippen LogP contribution in [0.4, 0.5) is 0 Å². The van der Waals surface area contributed by atoms with Crippen molar-refractivity contribution >= 4 is 0 Å². The molecular formula is C37H70ClN. The second-order valence-electron chi connectivity index (χ2n) is 12.4. The lowest BCUT2D eigenvalue weighted by Crippen LogP contribution is -3.00. The standard InChI is InChI=1S/C37H70N.ClH/c1-6-11-13-15-17-19-21-23-25-30-34-37(36-32-28-27-29-33-36,38(8-3,9-4)10-5)35-31-26-24-22-20-18-16-14-12-7-2;/h27-29,32-33H,6-26,30-31,34-35H2,1-5H3;1H/q+1;/p-1. The topological polar surface area (TPSA) is 0 Å². The van der Waals surface area contributed by atoms with Crippen LogP contribution in [-0.4, -0.2) is 24.1 Å². The van der Waals surface area contributed by atoms with Gasteiger partial charge in [-0.25, -0.2) is 0 Å². The highest BCUT2D eigenvalue weighted by atomic mass is 35.5. The third-order valence-corrected chi connectivity index (χ3v) is 9.92. The third-order valence-electron chi connectivity index (χ3n) is 9.92. The average Bonchev–Trinajstić information content (AvgIpc) is 2.96. The Labute approximate surface area is 253 Å². The molecule has 0 unspecified atom stereocenters. The summed E-state index contributed by atoms with van der Waals surface area (Å²) in [6, 6.07) is 11.8.